The molecule has 0 spiro atoms. The van der Waals surface area contributed by atoms with Gasteiger partial charge in [0, 0.05) is 10.7 Å². The molecule has 0 saturated carbocycles. The van der Waals surface area contributed by atoms with Gasteiger partial charge in [0.25, 0.3) is 0 Å². The molecule has 0 radical (unpaired) electrons. The van der Waals surface area contributed by atoms with Crippen LogP contribution in [-0.4, -0.2) is 0 Å². The van der Waals surface area contributed by atoms with E-state index in [-0.39, 0.29) is 0 Å². The zero-order valence-corrected chi connectivity index (χ0v) is 8.39. The van der Waals surface area contributed by atoms with Crippen molar-refractivity contribution in [2.75, 3.05) is 0 Å². The summed E-state index contributed by atoms with van der Waals surface area (Å²) in [5.41, 5.74) is 3.59. The maximum Gasteiger partial charge on any atom is 0.134 e. The zero-order valence-electron chi connectivity index (χ0n) is 6.80. The van der Waals surface area contributed by atoms with E-state index in [4.69, 9.17) is 4.42 Å². The van der Waals surface area contributed by atoms with E-state index in [1.54, 1.807) is 6.26 Å². The van der Waals surface area contributed by atoms with E-state index in [0.717, 1.165) is 10.9 Å². The molecule has 0 unspecified atom stereocenters. The van der Waals surface area contributed by atoms with Gasteiger partial charge in [-0.3, -0.25) is 0 Å². The van der Waals surface area contributed by atoms with Crippen molar-refractivity contribution in [1.29, 1.82) is 0 Å². The maximum atomic E-state index is 5.29. The lowest BCUT2D eigenvalue weighted by atomic mass is 10.1. The third-order valence-electron chi connectivity index (χ3n) is 2.11. The molecular weight excluding hydrogens is 216 g/mol. The fourth-order valence-corrected chi connectivity index (χ4v) is 2.13. The first-order valence-electron chi connectivity index (χ1n) is 3.84. The van der Waals surface area contributed by atoms with Crippen LogP contribution in [0.5, 0.6) is 0 Å². The number of hydrogen-bond donors (Lipinski definition) is 0. The van der Waals surface area contributed by atoms with Gasteiger partial charge in [-0.05, 0) is 30.2 Å². The highest BCUT2D eigenvalue weighted by Gasteiger charge is 2.04. The van der Waals surface area contributed by atoms with E-state index in [2.05, 4.69) is 28.9 Å². The molecule has 0 aliphatic carbocycles. The second kappa shape index (κ2) is 2.94. The van der Waals surface area contributed by atoms with Crippen LogP contribution in [0.15, 0.2) is 28.9 Å². The molecule has 0 amide bonds. The van der Waals surface area contributed by atoms with Gasteiger partial charge in [-0.2, -0.15) is 0 Å². The molecule has 0 aliphatic heterocycles. The number of hydrogen-bond acceptors (Lipinski definition) is 1. The van der Waals surface area contributed by atoms with Crippen molar-refractivity contribution in [3.05, 3.63) is 35.6 Å². The topological polar surface area (TPSA) is 13.1 Å². The van der Waals surface area contributed by atoms with Gasteiger partial charge in [0.2, 0.25) is 0 Å². The standard InChI is InChI=1S/C10H9BrO/c1-7-2-3-10-8(4-5-12-10)9(7)6-11/h2-5H,6H2,1H3. The SMILES string of the molecule is Cc1ccc2occc2c1CBr. The molecule has 1 aromatic carbocycles. The molecule has 62 valence electrons. The van der Waals surface area contributed by atoms with Crippen LogP contribution < -0.4 is 0 Å². The highest BCUT2D eigenvalue weighted by Crippen LogP contribution is 2.24. The van der Waals surface area contributed by atoms with Gasteiger partial charge in [-0.1, -0.05) is 22.0 Å². The Bertz CT molecular complexity index is 403. The average molecular weight is 225 g/mol. The third-order valence-corrected chi connectivity index (χ3v) is 2.68. The smallest absolute Gasteiger partial charge is 0.134 e. The normalized spacial score (nSPS) is 10.8. The summed E-state index contributed by atoms with van der Waals surface area (Å²) in [5.74, 6) is 0. The molecule has 0 N–H and O–H groups in total. The molecule has 2 heteroatoms. The maximum absolute atomic E-state index is 5.29. The van der Waals surface area contributed by atoms with Crippen LogP contribution in [-0.2, 0) is 5.33 Å². The average Bonchev–Trinajstić information content (AvgIpc) is 2.52. The molecule has 0 saturated heterocycles. The Hall–Kier alpha value is -0.760. The van der Waals surface area contributed by atoms with Crippen LogP contribution in [0.25, 0.3) is 11.0 Å². The predicted molar refractivity (Wildman–Crippen MR) is 53.6 cm³/mol. The van der Waals surface area contributed by atoms with Crippen LogP contribution in [0.4, 0.5) is 0 Å². The van der Waals surface area contributed by atoms with E-state index in [1.165, 1.54) is 16.5 Å². The molecule has 0 fully saturated rings. The van der Waals surface area contributed by atoms with E-state index < -0.39 is 0 Å². The van der Waals surface area contributed by atoms with Gasteiger partial charge >= 0.3 is 0 Å². The number of aryl methyl sites for hydroxylation is 1. The second-order valence-electron chi connectivity index (χ2n) is 2.83. The molecule has 0 bridgehead atoms. The fraction of sp³-hybridized carbons (Fsp3) is 0.200. The third kappa shape index (κ3) is 1.07. The van der Waals surface area contributed by atoms with Crippen molar-refractivity contribution >= 4 is 26.9 Å². The van der Waals surface area contributed by atoms with Crippen molar-refractivity contribution < 1.29 is 4.42 Å². The molecule has 0 aliphatic rings. The Kier molecular flexibility index (Phi) is 1.93. The fourth-order valence-electron chi connectivity index (χ4n) is 1.39. The number of fused-ring (bicyclic) bond motifs is 1. The van der Waals surface area contributed by atoms with Crippen LogP contribution in [0.1, 0.15) is 11.1 Å². The predicted octanol–water partition coefficient (Wildman–Crippen LogP) is 3.64. The summed E-state index contributed by atoms with van der Waals surface area (Å²) in [4.78, 5) is 0. The number of benzene rings is 1. The van der Waals surface area contributed by atoms with Crippen molar-refractivity contribution in [3.8, 4) is 0 Å². The molecule has 0 atom stereocenters. The first-order chi connectivity index (χ1) is 5.83. The van der Waals surface area contributed by atoms with Gasteiger partial charge in [-0.25, -0.2) is 0 Å². The Morgan fingerprint density at radius 1 is 1.33 bits per heavy atom. The van der Waals surface area contributed by atoms with Gasteiger partial charge < -0.3 is 4.42 Å². The second-order valence-corrected chi connectivity index (χ2v) is 3.39. The summed E-state index contributed by atoms with van der Waals surface area (Å²) in [6.07, 6.45) is 1.73. The quantitative estimate of drug-likeness (QED) is 0.675. The Morgan fingerprint density at radius 3 is 2.92 bits per heavy atom. The first kappa shape index (κ1) is 7.87. The summed E-state index contributed by atoms with van der Waals surface area (Å²) in [6.45, 7) is 2.11. The van der Waals surface area contributed by atoms with E-state index >= 15 is 0 Å². The van der Waals surface area contributed by atoms with Crippen molar-refractivity contribution in [1.82, 2.24) is 0 Å². The Morgan fingerprint density at radius 2 is 2.17 bits per heavy atom. The van der Waals surface area contributed by atoms with Crippen molar-refractivity contribution in [2.45, 2.75) is 12.3 Å². The molecule has 1 nitrogen and oxygen atoms in total. The van der Waals surface area contributed by atoms with Crippen LogP contribution in [0.3, 0.4) is 0 Å². The summed E-state index contributed by atoms with van der Waals surface area (Å²) >= 11 is 3.47. The van der Waals surface area contributed by atoms with Gasteiger partial charge in [0.1, 0.15) is 5.58 Å². The number of halogens is 1. The summed E-state index contributed by atoms with van der Waals surface area (Å²) in [6, 6.07) is 6.11. The number of rotatable bonds is 1. The molecule has 2 rings (SSSR count). The van der Waals surface area contributed by atoms with Crippen molar-refractivity contribution in [2.24, 2.45) is 0 Å². The summed E-state index contributed by atoms with van der Waals surface area (Å²) in [7, 11) is 0. The number of furan rings is 1. The van der Waals surface area contributed by atoms with Crippen LogP contribution in [0.2, 0.25) is 0 Å². The van der Waals surface area contributed by atoms with Crippen molar-refractivity contribution in [3.63, 3.8) is 0 Å². The highest BCUT2D eigenvalue weighted by molar-refractivity contribution is 9.08. The van der Waals surface area contributed by atoms with Crippen LogP contribution >= 0.6 is 15.9 Å². The van der Waals surface area contributed by atoms with Gasteiger partial charge in [-0.15, -0.1) is 0 Å². The first-order valence-corrected chi connectivity index (χ1v) is 4.96. The lowest BCUT2D eigenvalue weighted by molar-refractivity contribution is 0.615. The summed E-state index contributed by atoms with van der Waals surface area (Å²) < 4.78 is 5.29. The minimum absolute atomic E-state index is 0.885. The lowest BCUT2D eigenvalue weighted by Gasteiger charge is -2.01. The highest BCUT2D eigenvalue weighted by atomic mass is 79.9. The largest absolute Gasteiger partial charge is 0.464 e. The Balaban J connectivity index is 2.83. The minimum atomic E-state index is 0.885. The molecule has 12 heavy (non-hydrogen) atoms. The van der Waals surface area contributed by atoms with E-state index in [9.17, 15) is 0 Å². The van der Waals surface area contributed by atoms with Gasteiger partial charge in [0.15, 0.2) is 0 Å². The molecule has 2 aromatic rings. The summed E-state index contributed by atoms with van der Waals surface area (Å²) in [5, 5.41) is 2.10. The monoisotopic (exact) mass is 224 g/mol. The molecular formula is C10H9BrO. The Labute approximate surface area is 79.5 Å². The van der Waals surface area contributed by atoms with Gasteiger partial charge in [0.05, 0.1) is 6.26 Å². The molecule has 1 heterocycles. The van der Waals surface area contributed by atoms with Crippen LogP contribution in [0, 0.1) is 6.92 Å². The molecule has 1 aromatic heterocycles. The van der Waals surface area contributed by atoms with E-state index in [1.807, 2.05) is 12.1 Å². The lowest BCUT2D eigenvalue weighted by Crippen LogP contribution is -1.83. The zero-order chi connectivity index (χ0) is 8.55. The van der Waals surface area contributed by atoms with E-state index in [0.29, 0.717) is 0 Å². The minimum Gasteiger partial charge on any atom is -0.464 e. The number of alkyl halides is 1.